The van der Waals surface area contributed by atoms with Gasteiger partial charge in [-0.25, -0.2) is 4.79 Å². The Morgan fingerprint density at radius 1 is 1.21 bits per heavy atom. The van der Waals surface area contributed by atoms with E-state index in [2.05, 4.69) is 5.32 Å². The van der Waals surface area contributed by atoms with Crippen LogP contribution in [0.2, 0.25) is 0 Å². The van der Waals surface area contributed by atoms with Crippen molar-refractivity contribution in [3.63, 3.8) is 0 Å². The van der Waals surface area contributed by atoms with Gasteiger partial charge in [0, 0.05) is 12.3 Å². The summed E-state index contributed by atoms with van der Waals surface area (Å²) in [6.07, 6.45) is -7.66. The highest BCUT2D eigenvalue weighted by Gasteiger charge is 2.39. The fourth-order valence-corrected chi connectivity index (χ4v) is 2.96. The van der Waals surface area contributed by atoms with E-state index in [9.17, 15) is 32.6 Å². The maximum atomic E-state index is 12.8. The lowest BCUT2D eigenvalue weighted by Crippen LogP contribution is -2.53. The minimum Gasteiger partial charge on any atom is -0.534 e. The van der Waals surface area contributed by atoms with Gasteiger partial charge in [0.05, 0.1) is 18.3 Å². The highest BCUT2D eigenvalue weighted by molar-refractivity contribution is 6.47. The van der Waals surface area contributed by atoms with Crippen molar-refractivity contribution in [2.24, 2.45) is 11.8 Å². The van der Waals surface area contributed by atoms with Crippen LogP contribution in [0.15, 0.2) is 18.2 Å². The Kier molecular flexibility index (Phi) is 8.76. The van der Waals surface area contributed by atoms with Gasteiger partial charge in [0.1, 0.15) is 11.3 Å². The van der Waals surface area contributed by atoms with Gasteiger partial charge in [-0.1, -0.05) is 39.8 Å². The number of halogens is 3. The van der Waals surface area contributed by atoms with E-state index in [1.807, 2.05) is 0 Å². The Bertz CT molecular complexity index is 876. The van der Waals surface area contributed by atoms with Crippen LogP contribution in [0, 0.1) is 11.8 Å². The van der Waals surface area contributed by atoms with Crippen molar-refractivity contribution in [1.29, 1.82) is 0 Å². The zero-order valence-electron chi connectivity index (χ0n) is 18.8. The number of alkyl halides is 3. The van der Waals surface area contributed by atoms with Crippen molar-refractivity contribution in [3.8, 4) is 5.75 Å². The normalized spacial score (nSPS) is 16.7. The SMILES string of the molecule is CC(C)C(=O)OC(OC(=O)c1cccc2c1OB(O)[C@@H](NC(=O)CCC(F)(F)F)C2)C(C)C. The maximum Gasteiger partial charge on any atom is 0.547 e. The number of benzene rings is 1. The zero-order valence-corrected chi connectivity index (χ0v) is 18.8. The second-order valence-electron chi connectivity index (χ2n) is 8.40. The largest absolute Gasteiger partial charge is 0.547 e. The summed E-state index contributed by atoms with van der Waals surface area (Å²) >= 11 is 0. The standard InChI is InChI=1S/C21H27BF3NO7/c1-11(2)18(28)31-20(12(3)4)32-19(29)14-7-5-6-13-10-15(22(30)33-17(13)14)26-16(27)8-9-21(23,24)25/h5-7,11-12,15,20,30H,8-10H2,1-4H3,(H,26,27)/t15-,20?/m0/s1. The van der Waals surface area contributed by atoms with Gasteiger partial charge in [0.2, 0.25) is 12.2 Å². The van der Waals surface area contributed by atoms with E-state index >= 15 is 0 Å². The molecule has 2 atom stereocenters. The summed E-state index contributed by atoms with van der Waals surface area (Å²) in [7, 11) is -1.60. The molecule has 0 bridgehead atoms. The van der Waals surface area contributed by atoms with Gasteiger partial charge in [-0.15, -0.1) is 0 Å². The number of fused-ring (bicyclic) bond motifs is 1. The van der Waals surface area contributed by atoms with Crippen LogP contribution in [0.5, 0.6) is 5.75 Å². The number of ether oxygens (including phenoxy) is 2. The van der Waals surface area contributed by atoms with Gasteiger partial charge in [0.25, 0.3) is 0 Å². The molecule has 2 rings (SSSR count). The highest BCUT2D eigenvalue weighted by atomic mass is 19.4. The number of esters is 2. The van der Waals surface area contributed by atoms with Crippen LogP contribution >= 0.6 is 0 Å². The first-order chi connectivity index (χ1) is 15.3. The van der Waals surface area contributed by atoms with Crippen LogP contribution in [0.4, 0.5) is 13.2 Å². The van der Waals surface area contributed by atoms with E-state index in [1.165, 1.54) is 12.1 Å². The summed E-state index contributed by atoms with van der Waals surface area (Å²) in [5.41, 5.74) is 0.413. The quantitative estimate of drug-likeness (QED) is 0.339. The Morgan fingerprint density at radius 2 is 1.88 bits per heavy atom. The Hall–Kier alpha value is -2.76. The number of carbonyl (C=O) groups excluding carboxylic acids is 3. The number of carbonyl (C=O) groups is 3. The van der Waals surface area contributed by atoms with E-state index in [-0.39, 0.29) is 23.7 Å². The molecule has 0 spiro atoms. The van der Waals surface area contributed by atoms with Crippen molar-refractivity contribution in [2.45, 2.75) is 65.4 Å². The number of amides is 1. The van der Waals surface area contributed by atoms with Gasteiger partial charge >= 0.3 is 25.2 Å². The Labute approximate surface area is 189 Å². The van der Waals surface area contributed by atoms with Crippen LogP contribution < -0.4 is 9.97 Å². The molecule has 1 aromatic rings. The van der Waals surface area contributed by atoms with Crippen molar-refractivity contribution in [3.05, 3.63) is 29.3 Å². The molecule has 33 heavy (non-hydrogen) atoms. The van der Waals surface area contributed by atoms with Gasteiger partial charge in [-0.3, -0.25) is 9.59 Å². The molecule has 1 unspecified atom stereocenters. The Balaban J connectivity index is 2.12. The molecule has 1 aromatic carbocycles. The third-order valence-electron chi connectivity index (χ3n) is 4.79. The second-order valence-corrected chi connectivity index (χ2v) is 8.40. The molecule has 0 radical (unpaired) electrons. The maximum absolute atomic E-state index is 12.8. The van der Waals surface area contributed by atoms with Crippen LogP contribution in [0.1, 0.15) is 56.5 Å². The first-order valence-corrected chi connectivity index (χ1v) is 10.5. The predicted molar refractivity (Wildman–Crippen MR) is 111 cm³/mol. The van der Waals surface area contributed by atoms with E-state index in [4.69, 9.17) is 14.1 Å². The lowest BCUT2D eigenvalue weighted by atomic mass is 9.72. The minimum atomic E-state index is -4.47. The minimum absolute atomic E-state index is 0.0192. The third-order valence-corrected chi connectivity index (χ3v) is 4.79. The monoisotopic (exact) mass is 473 g/mol. The van der Waals surface area contributed by atoms with Gasteiger partial charge in [-0.2, -0.15) is 13.2 Å². The molecule has 0 saturated heterocycles. The number of hydrogen-bond donors (Lipinski definition) is 2. The molecule has 0 aromatic heterocycles. The molecule has 1 amide bonds. The Morgan fingerprint density at radius 3 is 2.45 bits per heavy atom. The number of hydrogen-bond acceptors (Lipinski definition) is 7. The van der Waals surface area contributed by atoms with Crippen LogP contribution in [-0.2, 0) is 25.5 Å². The van der Waals surface area contributed by atoms with E-state index < -0.39 is 62.1 Å². The molecule has 12 heteroatoms. The molecule has 0 saturated carbocycles. The predicted octanol–water partition coefficient (Wildman–Crippen LogP) is 2.81. The van der Waals surface area contributed by atoms with Crippen molar-refractivity contribution >= 4 is 25.0 Å². The fourth-order valence-electron chi connectivity index (χ4n) is 2.96. The second kappa shape index (κ2) is 10.9. The molecular weight excluding hydrogens is 446 g/mol. The summed E-state index contributed by atoms with van der Waals surface area (Å²) in [6.45, 7) is 6.70. The zero-order chi connectivity index (χ0) is 24.9. The van der Waals surface area contributed by atoms with E-state index in [0.717, 1.165) is 0 Å². The summed E-state index contributed by atoms with van der Waals surface area (Å²) in [5.74, 6) is -4.00. The van der Waals surface area contributed by atoms with Gasteiger partial charge in [-0.05, 0) is 18.1 Å². The number of rotatable bonds is 8. The van der Waals surface area contributed by atoms with Crippen molar-refractivity contribution < 1.29 is 46.7 Å². The van der Waals surface area contributed by atoms with Gasteiger partial charge in [0.15, 0.2) is 0 Å². The first kappa shape index (κ1) is 26.5. The van der Waals surface area contributed by atoms with Crippen molar-refractivity contribution in [2.75, 3.05) is 0 Å². The van der Waals surface area contributed by atoms with E-state index in [1.54, 1.807) is 33.8 Å². The van der Waals surface area contributed by atoms with Crippen LogP contribution in [0.3, 0.4) is 0 Å². The fraction of sp³-hybridized carbons (Fsp3) is 0.571. The molecule has 0 fully saturated rings. The van der Waals surface area contributed by atoms with Crippen molar-refractivity contribution in [1.82, 2.24) is 5.32 Å². The molecule has 182 valence electrons. The number of nitrogens with one attached hydrogen (secondary N) is 1. The average Bonchev–Trinajstić information content (AvgIpc) is 2.71. The third kappa shape index (κ3) is 7.66. The summed E-state index contributed by atoms with van der Waals surface area (Å²) in [6, 6.07) is 4.52. The molecule has 1 aliphatic rings. The smallest absolute Gasteiger partial charge is 0.534 e. The molecule has 8 nitrogen and oxygen atoms in total. The van der Waals surface area contributed by atoms with Crippen LogP contribution in [0.25, 0.3) is 0 Å². The molecule has 0 aliphatic carbocycles. The molecule has 1 aliphatic heterocycles. The topological polar surface area (TPSA) is 111 Å². The van der Waals surface area contributed by atoms with Crippen LogP contribution in [-0.4, -0.2) is 48.4 Å². The molecule has 1 heterocycles. The molecule has 2 N–H and O–H groups in total. The lowest BCUT2D eigenvalue weighted by Gasteiger charge is -2.29. The van der Waals surface area contributed by atoms with E-state index in [0.29, 0.717) is 5.56 Å². The highest BCUT2D eigenvalue weighted by Crippen LogP contribution is 2.31. The summed E-state index contributed by atoms with van der Waals surface area (Å²) in [4.78, 5) is 36.5. The number of para-hydroxylation sites is 1. The van der Waals surface area contributed by atoms with Gasteiger partial charge < -0.3 is 24.5 Å². The summed E-state index contributed by atoms with van der Waals surface area (Å²) in [5, 5.41) is 12.6. The average molecular weight is 473 g/mol. The summed E-state index contributed by atoms with van der Waals surface area (Å²) < 4.78 is 52.9. The lowest BCUT2D eigenvalue weighted by molar-refractivity contribution is -0.179. The first-order valence-electron chi connectivity index (χ1n) is 10.5. The molecular formula is C21H27BF3NO7.